The van der Waals surface area contributed by atoms with E-state index in [4.69, 9.17) is 71.1 Å². The predicted octanol–water partition coefficient (Wildman–Crippen LogP) is 2.26. The van der Waals surface area contributed by atoms with Crippen LogP contribution in [-0.4, -0.2) is 147 Å². The predicted molar refractivity (Wildman–Crippen MR) is 244 cm³/mol. The molecule has 26 nitrogen and oxygen atoms in total. The molecule has 408 valence electrons. The van der Waals surface area contributed by atoms with Crippen LogP contribution >= 0.6 is 0 Å². The van der Waals surface area contributed by atoms with Gasteiger partial charge in [-0.2, -0.15) is 0 Å². The van der Waals surface area contributed by atoms with Gasteiger partial charge in [-0.1, -0.05) is 12.1 Å². The lowest BCUT2D eigenvalue weighted by Crippen LogP contribution is -2.67. The smallest absolute Gasteiger partial charge is 0.331 e. The van der Waals surface area contributed by atoms with Crippen molar-refractivity contribution in [2.24, 2.45) is 0 Å². The Hall–Kier alpha value is -7.81. The second kappa shape index (κ2) is 28.0. The zero-order valence-corrected chi connectivity index (χ0v) is 42.3. The summed E-state index contributed by atoms with van der Waals surface area (Å²) in [6, 6.07) is 8.22. The lowest BCUT2D eigenvalue weighted by molar-refractivity contribution is -0.361. The van der Waals surface area contributed by atoms with Crippen molar-refractivity contribution in [2.75, 3.05) is 19.8 Å². The molecule has 10 unspecified atom stereocenters. The number of hydrogen-bond acceptors (Lipinski definition) is 26. The monoisotopic (exact) mass is 1060 g/mol. The van der Waals surface area contributed by atoms with E-state index in [-0.39, 0.29) is 41.6 Å². The second-order valence-electron chi connectivity index (χ2n) is 16.3. The van der Waals surface area contributed by atoms with Gasteiger partial charge in [-0.15, -0.1) is 0 Å². The minimum absolute atomic E-state index is 0.00860. The molecule has 2 aromatic carbocycles. The number of hydrogen-bond donors (Lipinski definition) is 0. The van der Waals surface area contributed by atoms with Crippen molar-refractivity contribution >= 4 is 71.7 Å². The van der Waals surface area contributed by atoms with Crippen molar-refractivity contribution in [3.8, 4) is 23.0 Å². The molecule has 2 saturated heterocycles. The number of carbonyl (C=O) groups is 11. The maximum absolute atomic E-state index is 14.0. The van der Waals surface area contributed by atoms with Gasteiger partial charge >= 0.3 is 65.7 Å². The van der Waals surface area contributed by atoms with Crippen LogP contribution in [0.15, 0.2) is 42.5 Å². The molecule has 10 atom stereocenters. The van der Waals surface area contributed by atoms with Gasteiger partial charge in [-0.25, -0.2) is 4.79 Å². The van der Waals surface area contributed by atoms with Gasteiger partial charge < -0.3 is 71.1 Å². The van der Waals surface area contributed by atoms with Crippen molar-refractivity contribution in [2.45, 2.75) is 137 Å². The van der Waals surface area contributed by atoms with E-state index in [1.807, 2.05) is 0 Å². The number of rotatable bonds is 21. The van der Waals surface area contributed by atoms with Gasteiger partial charge in [-0.05, 0) is 47.9 Å². The highest BCUT2D eigenvalue weighted by Crippen LogP contribution is 2.37. The van der Waals surface area contributed by atoms with Gasteiger partial charge in [0.1, 0.15) is 31.5 Å². The van der Waals surface area contributed by atoms with E-state index >= 15 is 0 Å². The van der Waals surface area contributed by atoms with Crippen LogP contribution in [0.3, 0.4) is 0 Å². The topological polar surface area (TPSA) is 326 Å². The zero-order valence-electron chi connectivity index (χ0n) is 42.3. The molecule has 2 heterocycles. The number of benzene rings is 2. The molecule has 0 amide bonds. The first-order valence-corrected chi connectivity index (χ1v) is 22.7. The molecule has 2 aliphatic rings. The summed E-state index contributed by atoms with van der Waals surface area (Å²) >= 11 is 0. The van der Waals surface area contributed by atoms with E-state index in [9.17, 15) is 52.7 Å². The molecule has 0 aromatic heterocycles. The molecule has 0 aliphatic carbocycles. The van der Waals surface area contributed by atoms with E-state index in [0.717, 1.165) is 75.3 Å². The summed E-state index contributed by atoms with van der Waals surface area (Å²) in [5, 5.41) is 0. The Labute approximate surface area is 428 Å². The van der Waals surface area contributed by atoms with E-state index in [1.54, 1.807) is 0 Å². The summed E-state index contributed by atoms with van der Waals surface area (Å²) in [5.41, 5.74) is 0.649. The third-order valence-corrected chi connectivity index (χ3v) is 9.91. The first kappa shape index (κ1) is 59.8. The van der Waals surface area contributed by atoms with E-state index in [0.29, 0.717) is 5.56 Å². The van der Waals surface area contributed by atoms with Gasteiger partial charge in [0.05, 0.1) is 6.61 Å². The molecule has 0 spiro atoms. The third-order valence-electron chi connectivity index (χ3n) is 9.91. The molecule has 0 radical (unpaired) electrons. The van der Waals surface area contributed by atoms with Gasteiger partial charge in [0.2, 0.25) is 0 Å². The summed E-state index contributed by atoms with van der Waals surface area (Å²) in [7, 11) is 0. The first-order valence-electron chi connectivity index (χ1n) is 22.7. The van der Waals surface area contributed by atoms with Crippen LogP contribution in [0.2, 0.25) is 0 Å². The molecule has 0 N–H and O–H groups in total. The Balaban J connectivity index is 1.88. The van der Waals surface area contributed by atoms with Crippen molar-refractivity contribution in [1.82, 2.24) is 0 Å². The normalized spacial score (nSPS) is 23.0. The molecular formula is C49H56O26. The summed E-state index contributed by atoms with van der Waals surface area (Å²) in [5.74, 6) is -10.2. The summed E-state index contributed by atoms with van der Waals surface area (Å²) in [6.07, 6.45) is -15.7. The second-order valence-corrected chi connectivity index (χ2v) is 16.3. The molecule has 2 aromatic rings. The molecule has 26 heteroatoms. The summed E-state index contributed by atoms with van der Waals surface area (Å²) in [4.78, 5) is 137. The Kier molecular flexibility index (Phi) is 22.3. The maximum atomic E-state index is 14.0. The van der Waals surface area contributed by atoms with Crippen LogP contribution in [0.25, 0.3) is 6.08 Å². The van der Waals surface area contributed by atoms with Gasteiger partial charge in [0.25, 0.3) is 0 Å². The molecule has 0 saturated carbocycles. The van der Waals surface area contributed by atoms with E-state index in [2.05, 4.69) is 0 Å². The van der Waals surface area contributed by atoms with Crippen LogP contribution in [0.5, 0.6) is 23.0 Å². The average molecular weight is 1060 g/mol. The Morgan fingerprint density at radius 3 is 1.36 bits per heavy atom. The molecule has 4 rings (SSSR count). The standard InChI is InChI=1S/C49H56O26/c1-23(50)62-21-39-42(68-29(7)56)44(69-30(8)57)47(71-32(10)59)49(73-39)75-45-43(74-41(60)16-13-33-11-14-35(64-25(3)52)37(19-33)66-27(5)54)40(22-63-24(2)51)72-48(46(45)70-31(9)58)61-18-17-34-12-15-36(65-26(4)53)38(20-34)67-28(6)55/h11-16,19-20,39-40,42-49H,17-18,21-22H2,1-10H3. The minimum Gasteiger partial charge on any atom is -0.463 e. The average Bonchev–Trinajstić information content (AvgIpc) is 3.28. The molecule has 2 fully saturated rings. The van der Waals surface area contributed by atoms with Crippen molar-refractivity contribution < 1.29 is 124 Å². The summed E-state index contributed by atoms with van der Waals surface area (Å²) < 4.78 is 84.7. The number of ether oxygens (including phenoxy) is 15. The Morgan fingerprint density at radius 1 is 0.440 bits per heavy atom. The highest BCUT2D eigenvalue weighted by molar-refractivity contribution is 5.87. The highest BCUT2D eigenvalue weighted by atomic mass is 16.8. The Morgan fingerprint density at radius 2 is 0.867 bits per heavy atom. The highest BCUT2D eigenvalue weighted by Gasteiger charge is 2.58. The molecule has 2 aliphatic heterocycles. The van der Waals surface area contributed by atoms with Crippen molar-refractivity contribution in [3.05, 3.63) is 53.6 Å². The maximum Gasteiger partial charge on any atom is 0.331 e. The van der Waals surface area contributed by atoms with Crippen molar-refractivity contribution in [3.63, 3.8) is 0 Å². The van der Waals surface area contributed by atoms with Crippen LogP contribution in [0, 0.1) is 0 Å². The van der Waals surface area contributed by atoms with Crippen LogP contribution in [0.4, 0.5) is 0 Å². The molecule has 0 bridgehead atoms. The van der Waals surface area contributed by atoms with Gasteiger partial charge in [-0.3, -0.25) is 47.9 Å². The van der Waals surface area contributed by atoms with Crippen LogP contribution in [-0.2, 0) is 111 Å². The largest absolute Gasteiger partial charge is 0.463 e. The third kappa shape index (κ3) is 19.2. The van der Waals surface area contributed by atoms with Crippen LogP contribution < -0.4 is 18.9 Å². The van der Waals surface area contributed by atoms with E-state index < -0.39 is 140 Å². The molecular weight excluding hydrogens is 1000 g/mol. The van der Waals surface area contributed by atoms with E-state index in [1.165, 1.54) is 42.5 Å². The molecule has 75 heavy (non-hydrogen) atoms. The van der Waals surface area contributed by atoms with Crippen molar-refractivity contribution in [1.29, 1.82) is 0 Å². The lowest BCUT2D eigenvalue weighted by atomic mass is 9.96. The number of esters is 11. The Bertz CT molecular complexity index is 2500. The lowest BCUT2D eigenvalue weighted by Gasteiger charge is -2.48. The van der Waals surface area contributed by atoms with Crippen LogP contribution in [0.1, 0.15) is 80.4 Å². The van der Waals surface area contributed by atoms with Gasteiger partial charge in [0.15, 0.2) is 66.1 Å². The first-order chi connectivity index (χ1) is 35.3. The fourth-order valence-electron chi connectivity index (χ4n) is 7.33. The fraction of sp³-hybridized carbons (Fsp3) is 0.490. The number of carbonyl (C=O) groups excluding carboxylic acids is 11. The quantitative estimate of drug-likeness (QED) is 0.0749. The fourth-order valence-corrected chi connectivity index (χ4v) is 7.33. The van der Waals surface area contributed by atoms with Gasteiger partial charge in [0, 0.05) is 75.3 Å². The zero-order chi connectivity index (χ0) is 55.7. The summed E-state index contributed by atoms with van der Waals surface area (Å²) in [6.45, 7) is 8.86. The SMILES string of the molecule is CC(=O)OCC1OC(OC2C(OC(=O)C=Cc3ccc(OC(C)=O)c(OC(C)=O)c3)C(COC(C)=O)OC(OCCc3ccc(OC(C)=O)c(OC(C)=O)c3)C2OC(C)=O)C(OC(C)=O)C(OC(C)=O)C1OC(C)=O. The minimum atomic E-state index is -2.01.